The molecule has 0 bridgehead atoms. The molecular formula is C28H30N4O3S. The number of thioether (sulfide) groups is 1. The van der Waals surface area contributed by atoms with E-state index in [0.717, 1.165) is 27.5 Å². The first kappa shape index (κ1) is 25.3. The molecule has 3 N–H and O–H groups in total. The lowest BCUT2D eigenvalue weighted by Gasteiger charge is -2.22. The molecule has 0 fully saturated rings. The Morgan fingerprint density at radius 3 is 2.36 bits per heavy atom. The topological polar surface area (TPSA) is 95.7 Å². The molecule has 4 aromatic rings. The molecule has 1 atom stereocenters. The molecule has 0 saturated carbocycles. The number of aromatic nitrogens is 2. The summed E-state index contributed by atoms with van der Waals surface area (Å²) in [5, 5.41) is 15.9. The van der Waals surface area contributed by atoms with Crippen LogP contribution in [0.2, 0.25) is 0 Å². The summed E-state index contributed by atoms with van der Waals surface area (Å²) in [7, 11) is 0. The largest absolute Gasteiger partial charge is 0.480 e. The zero-order chi connectivity index (χ0) is 25.9. The molecule has 7 nitrogen and oxygen atoms in total. The number of nitrogens with zero attached hydrogens (tertiary/aromatic N) is 2. The number of carboxylic acid groups (broad SMARTS) is 1. The van der Waals surface area contributed by atoms with Gasteiger partial charge < -0.3 is 15.7 Å². The van der Waals surface area contributed by atoms with E-state index in [1.165, 1.54) is 0 Å². The monoisotopic (exact) mass is 502 g/mol. The van der Waals surface area contributed by atoms with E-state index in [4.69, 9.17) is 4.98 Å². The number of fused-ring (bicyclic) bond motifs is 1. The van der Waals surface area contributed by atoms with Crippen LogP contribution in [0.1, 0.15) is 36.7 Å². The Labute approximate surface area is 215 Å². The Kier molecular flexibility index (Phi) is 7.35. The van der Waals surface area contributed by atoms with Gasteiger partial charge in [0.25, 0.3) is 5.91 Å². The van der Waals surface area contributed by atoms with Crippen molar-refractivity contribution in [2.75, 3.05) is 11.6 Å². The van der Waals surface area contributed by atoms with Crippen molar-refractivity contribution >= 4 is 35.1 Å². The Hall–Kier alpha value is -3.78. The highest BCUT2D eigenvalue weighted by Gasteiger charge is 2.23. The predicted molar refractivity (Wildman–Crippen MR) is 145 cm³/mol. The number of benzene rings is 2. The molecule has 0 aliphatic carbocycles. The van der Waals surface area contributed by atoms with Crippen molar-refractivity contribution < 1.29 is 14.7 Å². The van der Waals surface area contributed by atoms with Crippen LogP contribution in [0.15, 0.2) is 77.8 Å². The predicted octanol–water partition coefficient (Wildman–Crippen LogP) is 5.36. The molecule has 8 heteroatoms. The van der Waals surface area contributed by atoms with E-state index in [1.807, 2.05) is 53.1 Å². The van der Waals surface area contributed by atoms with Gasteiger partial charge in [0.05, 0.1) is 0 Å². The molecule has 1 unspecified atom stereocenters. The lowest BCUT2D eigenvalue weighted by Crippen LogP contribution is -2.42. The van der Waals surface area contributed by atoms with Crippen molar-refractivity contribution in [3.8, 4) is 11.3 Å². The summed E-state index contributed by atoms with van der Waals surface area (Å²) in [6.07, 6.45) is 4.02. The maximum Gasteiger partial charge on any atom is 0.326 e. The highest BCUT2D eigenvalue weighted by Crippen LogP contribution is 2.32. The van der Waals surface area contributed by atoms with Gasteiger partial charge in [-0.05, 0) is 56.9 Å². The third-order valence-corrected chi connectivity index (χ3v) is 6.37. The van der Waals surface area contributed by atoms with Crippen molar-refractivity contribution in [2.24, 2.45) is 0 Å². The van der Waals surface area contributed by atoms with Crippen molar-refractivity contribution in [2.45, 2.75) is 43.7 Å². The van der Waals surface area contributed by atoms with Crippen LogP contribution in [0.25, 0.3) is 16.9 Å². The summed E-state index contributed by atoms with van der Waals surface area (Å²) >= 11 is 1.68. The zero-order valence-electron chi connectivity index (χ0n) is 20.8. The molecule has 0 aliphatic rings. The first-order valence-electron chi connectivity index (χ1n) is 11.7. The highest BCUT2D eigenvalue weighted by atomic mass is 32.2. The molecule has 2 aromatic carbocycles. The Morgan fingerprint density at radius 2 is 1.75 bits per heavy atom. The van der Waals surface area contributed by atoms with Crippen LogP contribution < -0.4 is 10.6 Å². The second kappa shape index (κ2) is 10.5. The number of nitrogens with one attached hydrogen (secondary N) is 2. The molecule has 4 rings (SSSR count). The van der Waals surface area contributed by atoms with Gasteiger partial charge in [-0.15, -0.1) is 11.8 Å². The molecule has 0 spiro atoms. The van der Waals surface area contributed by atoms with Gasteiger partial charge in [0.2, 0.25) is 0 Å². The van der Waals surface area contributed by atoms with E-state index in [9.17, 15) is 14.7 Å². The molecule has 0 aliphatic heterocycles. The third-order valence-electron chi connectivity index (χ3n) is 5.63. The highest BCUT2D eigenvalue weighted by molar-refractivity contribution is 7.98. The van der Waals surface area contributed by atoms with Gasteiger partial charge in [-0.3, -0.25) is 9.20 Å². The maximum atomic E-state index is 13.0. The van der Waals surface area contributed by atoms with Gasteiger partial charge >= 0.3 is 5.97 Å². The minimum atomic E-state index is -1.08. The maximum absolute atomic E-state index is 13.0. The summed E-state index contributed by atoms with van der Waals surface area (Å²) in [6, 6.07) is 19.8. The Balaban J connectivity index is 1.67. The second-order valence-corrected chi connectivity index (χ2v) is 10.5. The van der Waals surface area contributed by atoms with Crippen LogP contribution in [0, 0.1) is 0 Å². The van der Waals surface area contributed by atoms with Crippen LogP contribution in [-0.4, -0.2) is 44.2 Å². The molecule has 0 saturated heterocycles. The quantitative estimate of drug-likeness (QED) is 0.281. The van der Waals surface area contributed by atoms with Crippen LogP contribution in [0.5, 0.6) is 0 Å². The van der Waals surface area contributed by atoms with Crippen molar-refractivity contribution in [3.63, 3.8) is 0 Å². The third kappa shape index (κ3) is 5.88. The fourth-order valence-corrected chi connectivity index (χ4v) is 4.31. The number of carbonyl (C=O) groups excluding carboxylic acids is 1. The number of aliphatic carboxylic acids is 1. The number of carboxylic acids is 1. The lowest BCUT2D eigenvalue weighted by molar-refractivity contribution is -0.139. The normalized spacial score (nSPS) is 12.3. The van der Waals surface area contributed by atoms with E-state index < -0.39 is 17.9 Å². The Bertz CT molecular complexity index is 1380. The number of amides is 1. The summed E-state index contributed by atoms with van der Waals surface area (Å²) in [5.41, 5.74) is 3.30. The summed E-state index contributed by atoms with van der Waals surface area (Å²) in [5.74, 6) is -0.712. The van der Waals surface area contributed by atoms with Crippen molar-refractivity contribution in [1.29, 1.82) is 0 Å². The van der Waals surface area contributed by atoms with E-state index in [0.29, 0.717) is 11.2 Å². The molecule has 36 heavy (non-hydrogen) atoms. The average Bonchev–Trinajstić information content (AvgIpc) is 3.20. The number of hydrogen-bond acceptors (Lipinski definition) is 5. The number of hydrogen-bond donors (Lipinski definition) is 3. The summed E-state index contributed by atoms with van der Waals surface area (Å²) in [4.78, 5) is 30.9. The SMILES string of the molecule is CSc1ccc(-c2nc3cc(C(=O)NC(Cc4ccccc4)C(=O)O)ccn3c2NC(C)(C)C)cc1. The minimum Gasteiger partial charge on any atom is -0.480 e. The van der Waals surface area contributed by atoms with Gasteiger partial charge in [0, 0.05) is 34.2 Å². The van der Waals surface area contributed by atoms with Crippen molar-refractivity contribution in [3.05, 3.63) is 84.1 Å². The standard InChI is InChI=1S/C28H30N4O3S/c1-28(2,3)31-25-24(19-10-12-21(36-4)13-11-19)30-23-17-20(14-15-32(23)25)26(33)29-22(27(34)35)16-18-8-6-5-7-9-18/h5-15,17,22,31H,16H2,1-4H3,(H,29,33)(H,34,35). The van der Waals surface area contributed by atoms with Crippen LogP contribution >= 0.6 is 11.8 Å². The summed E-state index contributed by atoms with van der Waals surface area (Å²) in [6.45, 7) is 6.23. The number of imidazole rings is 1. The minimum absolute atomic E-state index is 0.198. The smallest absolute Gasteiger partial charge is 0.326 e. The van der Waals surface area contributed by atoms with Crippen LogP contribution in [0.3, 0.4) is 0 Å². The molecule has 2 aromatic heterocycles. The van der Waals surface area contributed by atoms with Gasteiger partial charge in [0.15, 0.2) is 0 Å². The molecular weight excluding hydrogens is 472 g/mol. The number of rotatable bonds is 8. The second-order valence-electron chi connectivity index (χ2n) is 9.61. The number of carbonyl (C=O) groups is 2. The van der Waals surface area contributed by atoms with E-state index >= 15 is 0 Å². The number of pyridine rings is 1. The molecule has 186 valence electrons. The van der Waals surface area contributed by atoms with E-state index in [1.54, 1.807) is 30.1 Å². The zero-order valence-corrected chi connectivity index (χ0v) is 21.6. The molecule has 2 heterocycles. The molecule has 0 radical (unpaired) electrons. The van der Waals surface area contributed by atoms with Crippen LogP contribution in [0.4, 0.5) is 5.82 Å². The lowest BCUT2D eigenvalue weighted by atomic mass is 10.1. The van der Waals surface area contributed by atoms with E-state index in [-0.39, 0.29) is 12.0 Å². The first-order chi connectivity index (χ1) is 17.1. The van der Waals surface area contributed by atoms with Gasteiger partial charge in [-0.25, -0.2) is 9.78 Å². The molecule has 1 amide bonds. The fourth-order valence-electron chi connectivity index (χ4n) is 3.90. The van der Waals surface area contributed by atoms with Gasteiger partial charge in [-0.2, -0.15) is 0 Å². The number of anilines is 1. The average molecular weight is 503 g/mol. The van der Waals surface area contributed by atoms with Crippen molar-refractivity contribution in [1.82, 2.24) is 14.7 Å². The fraction of sp³-hybridized carbons (Fsp3) is 0.250. The van der Waals surface area contributed by atoms with Gasteiger partial charge in [0.1, 0.15) is 23.2 Å². The van der Waals surface area contributed by atoms with E-state index in [2.05, 4.69) is 43.5 Å². The first-order valence-corrected chi connectivity index (χ1v) is 12.9. The van der Waals surface area contributed by atoms with Gasteiger partial charge in [-0.1, -0.05) is 42.5 Å². The summed E-state index contributed by atoms with van der Waals surface area (Å²) < 4.78 is 1.92. The Morgan fingerprint density at radius 1 is 1.06 bits per heavy atom. The van der Waals surface area contributed by atoms with Crippen LogP contribution in [-0.2, 0) is 11.2 Å².